The van der Waals surface area contributed by atoms with E-state index in [4.69, 9.17) is 9.47 Å². The van der Waals surface area contributed by atoms with E-state index in [2.05, 4.69) is 22.9 Å². The first-order valence-corrected chi connectivity index (χ1v) is 9.88. The van der Waals surface area contributed by atoms with Gasteiger partial charge in [0.25, 0.3) is 0 Å². The van der Waals surface area contributed by atoms with Gasteiger partial charge in [-0.1, -0.05) is 68.1 Å². The first kappa shape index (κ1) is 21.7. The Labute approximate surface area is 159 Å². The molecule has 0 radical (unpaired) electrons. The maximum Gasteiger partial charge on any atom is 0.323 e. The van der Waals surface area contributed by atoms with Crippen molar-refractivity contribution >= 4 is 27.9 Å². The summed E-state index contributed by atoms with van der Waals surface area (Å²) in [4.78, 5) is 25.1. The molecule has 0 N–H and O–H groups in total. The lowest BCUT2D eigenvalue weighted by Crippen LogP contribution is -2.41. The highest BCUT2D eigenvalue weighted by molar-refractivity contribution is 9.10. The van der Waals surface area contributed by atoms with Crippen LogP contribution in [0.15, 0.2) is 28.7 Å². The monoisotopic (exact) mass is 412 g/mol. The summed E-state index contributed by atoms with van der Waals surface area (Å²) in [5, 5.41) is 0. The van der Waals surface area contributed by atoms with Gasteiger partial charge in [-0.25, -0.2) is 0 Å². The zero-order valence-corrected chi connectivity index (χ0v) is 17.1. The molecule has 0 saturated heterocycles. The third-order valence-electron chi connectivity index (χ3n) is 4.50. The second-order valence-corrected chi connectivity index (χ2v) is 7.10. The fourth-order valence-corrected chi connectivity index (χ4v) is 2.87. The highest BCUT2D eigenvalue weighted by atomic mass is 79.9. The Balaban J connectivity index is 2.63. The van der Waals surface area contributed by atoms with Crippen LogP contribution < -0.4 is 0 Å². The van der Waals surface area contributed by atoms with E-state index in [-0.39, 0.29) is 6.61 Å². The highest BCUT2D eigenvalue weighted by Gasteiger charge is 2.45. The maximum atomic E-state index is 12.6. The van der Waals surface area contributed by atoms with Crippen molar-refractivity contribution in [1.29, 1.82) is 0 Å². The zero-order chi connectivity index (χ0) is 18.7. The molecular formula is C20H29BrO4. The fraction of sp³-hybridized carbons (Fsp3) is 0.600. The van der Waals surface area contributed by atoms with Crippen molar-refractivity contribution < 1.29 is 19.1 Å². The van der Waals surface area contributed by atoms with Gasteiger partial charge in [-0.15, -0.1) is 0 Å². The van der Waals surface area contributed by atoms with Crippen LogP contribution in [0.25, 0.3) is 0 Å². The summed E-state index contributed by atoms with van der Waals surface area (Å²) in [7, 11) is 0. The van der Waals surface area contributed by atoms with E-state index < -0.39 is 17.4 Å². The lowest BCUT2D eigenvalue weighted by Gasteiger charge is -2.27. The van der Waals surface area contributed by atoms with E-state index in [0.717, 1.165) is 35.7 Å². The number of hydrogen-bond donors (Lipinski definition) is 0. The van der Waals surface area contributed by atoms with E-state index in [0.29, 0.717) is 19.4 Å². The van der Waals surface area contributed by atoms with Gasteiger partial charge in [0.15, 0.2) is 5.41 Å². The molecule has 0 bridgehead atoms. The molecule has 0 saturated carbocycles. The average molecular weight is 413 g/mol. The second kappa shape index (κ2) is 11.3. The van der Waals surface area contributed by atoms with Crippen molar-refractivity contribution in [3.63, 3.8) is 0 Å². The molecular weight excluding hydrogens is 384 g/mol. The van der Waals surface area contributed by atoms with Gasteiger partial charge in [0.1, 0.15) is 6.61 Å². The number of hydrogen-bond acceptors (Lipinski definition) is 4. The third-order valence-corrected chi connectivity index (χ3v) is 5.03. The van der Waals surface area contributed by atoms with Gasteiger partial charge < -0.3 is 9.47 Å². The number of ether oxygens (including phenoxy) is 2. The van der Waals surface area contributed by atoms with Crippen LogP contribution in [0, 0.1) is 5.41 Å². The smallest absolute Gasteiger partial charge is 0.323 e. The molecule has 1 aromatic carbocycles. The minimum Gasteiger partial charge on any atom is -0.465 e. The minimum absolute atomic E-state index is 0.150. The first-order valence-electron chi connectivity index (χ1n) is 9.09. The van der Waals surface area contributed by atoms with Gasteiger partial charge in [0, 0.05) is 4.47 Å². The Bertz CT molecular complexity index is 535. The number of benzene rings is 1. The number of unbranched alkanes of at least 4 members (excludes halogenated alkanes) is 3. The SMILES string of the molecule is CCCCCCOC(=O)C(CC)(CC)C(=O)OCc1ccc(Br)cc1. The molecule has 0 heterocycles. The normalized spacial score (nSPS) is 11.2. The largest absolute Gasteiger partial charge is 0.465 e. The maximum absolute atomic E-state index is 12.6. The lowest BCUT2D eigenvalue weighted by molar-refractivity contribution is -0.174. The molecule has 4 nitrogen and oxygen atoms in total. The highest BCUT2D eigenvalue weighted by Crippen LogP contribution is 2.30. The van der Waals surface area contributed by atoms with Crippen molar-refractivity contribution in [2.75, 3.05) is 6.61 Å². The van der Waals surface area contributed by atoms with Crippen LogP contribution in [-0.4, -0.2) is 18.5 Å². The van der Waals surface area contributed by atoms with Crippen molar-refractivity contribution in [3.8, 4) is 0 Å². The zero-order valence-electron chi connectivity index (χ0n) is 15.5. The fourth-order valence-electron chi connectivity index (χ4n) is 2.61. The van der Waals surface area contributed by atoms with E-state index >= 15 is 0 Å². The third kappa shape index (κ3) is 6.46. The van der Waals surface area contributed by atoms with Crippen LogP contribution in [-0.2, 0) is 25.7 Å². The molecule has 0 aliphatic carbocycles. The summed E-state index contributed by atoms with van der Waals surface area (Å²) in [6.07, 6.45) is 4.86. The Morgan fingerprint density at radius 3 is 2.08 bits per heavy atom. The molecule has 0 aliphatic rings. The summed E-state index contributed by atoms with van der Waals surface area (Å²) >= 11 is 3.37. The minimum atomic E-state index is -1.21. The molecule has 1 rings (SSSR count). The molecule has 0 amide bonds. The predicted octanol–water partition coefficient (Wildman–Crippen LogP) is 5.42. The number of halogens is 1. The van der Waals surface area contributed by atoms with Crippen molar-refractivity contribution in [1.82, 2.24) is 0 Å². The molecule has 1 aromatic rings. The van der Waals surface area contributed by atoms with Gasteiger partial charge in [-0.2, -0.15) is 0 Å². The molecule has 25 heavy (non-hydrogen) atoms. The van der Waals surface area contributed by atoms with Crippen LogP contribution in [0.1, 0.15) is 64.9 Å². The molecule has 0 aromatic heterocycles. The van der Waals surface area contributed by atoms with Gasteiger partial charge in [-0.05, 0) is 37.0 Å². The molecule has 0 spiro atoms. The van der Waals surface area contributed by atoms with Crippen LogP contribution in [0.3, 0.4) is 0 Å². The molecule has 0 fully saturated rings. The molecule has 5 heteroatoms. The molecule has 140 valence electrons. The van der Waals surface area contributed by atoms with E-state index in [1.54, 1.807) is 0 Å². The molecule has 0 atom stereocenters. The van der Waals surface area contributed by atoms with Gasteiger partial charge in [0.2, 0.25) is 0 Å². The second-order valence-electron chi connectivity index (χ2n) is 6.19. The average Bonchev–Trinajstić information content (AvgIpc) is 2.62. The Hall–Kier alpha value is -1.36. The van der Waals surface area contributed by atoms with Crippen LogP contribution in [0.2, 0.25) is 0 Å². The Morgan fingerprint density at radius 2 is 1.52 bits per heavy atom. The van der Waals surface area contributed by atoms with Crippen LogP contribution in [0.4, 0.5) is 0 Å². The first-order chi connectivity index (χ1) is 12.0. The van der Waals surface area contributed by atoms with Crippen LogP contribution in [0.5, 0.6) is 0 Å². The number of carbonyl (C=O) groups is 2. The van der Waals surface area contributed by atoms with E-state index in [1.807, 2.05) is 38.1 Å². The van der Waals surface area contributed by atoms with Crippen molar-refractivity contribution in [3.05, 3.63) is 34.3 Å². The lowest BCUT2D eigenvalue weighted by atomic mass is 9.82. The van der Waals surface area contributed by atoms with E-state index in [1.165, 1.54) is 0 Å². The molecule has 0 unspecified atom stereocenters. The quantitative estimate of drug-likeness (QED) is 0.276. The summed E-state index contributed by atoms with van der Waals surface area (Å²) in [5.74, 6) is -0.964. The number of carbonyl (C=O) groups excluding carboxylic acids is 2. The molecule has 0 aliphatic heterocycles. The topological polar surface area (TPSA) is 52.6 Å². The summed E-state index contributed by atoms with van der Waals surface area (Å²) < 4.78 is 11.8. The van der Waals surface area contributed by atoms with Gasteiger partial charge >= 0.3 is 11.9 Å². The Kier molecular flexibility index (Phi) is 9.79. The van der Waals surface area contributed by atoms with E-state index in [9.17, 15) is 9.59 Å². The summed E-state index contributed by atoms with van der Waals surface area (Å²) in [6, 6.07) is 7.53. The summed E-state index contributed by atoms with van der Waals surface area (Å²) in [6.45, 7) is 6.29. The van der Waals surface area contributed by atoms with Gasteiger partial charge in [-0.3, -0.25) is 9.59 Å². The Morgan fingerprint density at radius 1 is 0.920 bits per heavy atom. The van der Waals surface area contributed by atoms with Crippen molar-refractivity contribution in [2.45, 2.75) is 65.9 Å². The van der Waals surface area contributed by atoms with Crippen LogP contribution >= 0.6 is 15.9 Å². The van der Waals surface area contributed by atoms with Crippen molar-refractivity contribution in [2.24, 2.45) is 5.41 Å². The number of esters is 2. The predicted molar refractivity (Wildman–Crippen MR) is 102 cm³/mol. The summed E-state index contributed by atoms with van der Waals surface area (Å²) in [5.41, 5.74) is -0.328. The standard InChI is InChI=1S/C20H29BrO4/c1-4-7-8-9-14-24-18(22)20(5-2,6-3)19(23)25-15-16-10-12-17(21)13-11-16/h10-13H,4-9,14-15H2,1-3H3. The van der Waals surface area contributed by atoms with Gasteiger partial charge in [0.05, 0.1) is 6.61 Å². The number of rotatable bonds is 11.